The van der Waals surface area contributed by atoms with Gasteiger partial charge in [-0.05, 0) is 58.2 Å². The first kappa shape index (κ1) is 17.1. The third-order valence-corrected chi connectivity index (χ3v) is 2.79. The molecule has 0 spiro atoms. The van der Waals surface area contributed by atoms with E-state index in [0.29, 0.717) is 6.54 Å². The number of nitrogen functional groups attached to an aromatic ring is 1. The number of nitrogens with one attached hydrogen (secondary N) is 2. The largest absolute Gasteiger partial charge is 0.444 e. The number of alkyl carbamates (subject to hydrolysis) is 1. The van der Waals surface area contributed by atoms with Crippen molar-refractivity contribution in [2.24, 2.45) is 0 Å². The molecule has 1 rings (SSSR count). The number of aryl methyl sites for hydroxylation is 1. The average molecular weight is 293 g/mol. The van der Waals surface area contributed by atoms with E-state index in [2.05, 4.69) is 10.6 Å². The number of carbonyl (C=O) groups is 1. The van der Waals surface area contributed by atoms with Crippen LogP contribution in [0, 0.1) is 6.92 Å². The Morgan fingerprint density at radius 2 is 1.90 bits per heavy atom. The highest BCUT2D eigenvalue weighted by molar-refractivity contribution is 5.67. The number of amides is 1. The van der Waals surface area contributed by atoms with Crippen LogP contribution in [-0.4, -0.2) is 24.8 Å². The molecule has 1 amide bonds. The summed E-state index contributed by atoms with van der Waals surface area (Å²) in [6, 6.07) is 5.97. The Balaban J connectivity index is 2.13. The van der Waals surface area contributed by atoms with Gasteiger partial charge in [0.1, 0.15) is 5.60 Å². The lowest BCUT2D eigenvalue weighted by molar-refractivity contribution is 0.0527. The Morgan fingerprint density at radius 3 is 2.52 bits per heavy atom. The summed E-state index contributed by atoms with van der Waals surface area (Å²) in [5.41, 5.74) is 8.35. The number of hydrogen-bond acceptors (Lipinski definition) is 4. The van der Waals surface area contributed by atoms with Crippen LogP contribution in [0.2, 0.25) is 0 Å². The van der Waals surface area contributed by atoms with E-state index >= 15 is 0 Å². The van der Waals surface area contributed by atoms with Gasteiger partial charge in [-0.15, -0.1) is 0 Å². The molecule has 0 bridgehead atoms. The summed E-state index contributed by atoms with van der Waals surface area (Å²) < 4.78 is 5.16. The fraction of sp³-hybridized carbons (Fsp3) is 0.562. The molecule has 21 heavy (non-hydrogen) atoms. The lowest BCUT2D eigenvalue weighted by atomic mass is 10.2. The molecule has 0 radical (unpaired) electrons. The van der Waals surface area contributed by atoms with Gasteiger partial charge in [-0.2, -0.15) is 0 Å². The van der Waals surface area contributed by atoms with Gasteiger partial charge in [0.2, 0.25) is 0 Å². The Hall–Kier alpha value is -1.91. The maximum atomic E-state index is 11.4. The fourth-order valence-electron chi connectivity index (χ4n) is 1.82. The highest BCUT2D eigenvalue weighted by atomic mass is 16.6. The van der Waals surface area contributed by atoms with E-state index in [1.807, 2.05) is 45.9 Å². The quantitative estimate of drug-likeness (QED) is 0.555. The standard InChI is InChI=1S/C16H27N3O2/c1-12-7-8-14(13(17)11-12)18-9-5-6-10-19-15(20)21-16(2,3)4/h7-8,11,18H,5-6,9-10,17H2,1-4H3,(H,19,20). The number of nitrogens with two attached hydrogens (primary N) is 1. The summed E-state index contributed by atoms with van der Waals surface area (Å²) in [7, 11) is 0. The number of hydrogen-bond donors (Lipinski definition) is 3. The monoisotopic (exact) mass is 293 g/mol. The van der Waals surface area contributed by atoms with Crippen molar-refractivity contribution in [2.75, 3.05) is 24.1 Å². The van der Waals surface area contributed by atoms with Gasteiger partial charge in [0.15, 0.2) is 0 Å². The molecule has 0 aromatic heterocycles. The second-order valence-corrected chi connectivity index (χ2v) is 6.15. The summed E-state index contributed by atoms with van der Waals surface area (Å²) >= 11 is 0. The minimum absolute atomic E-state index is 0.363. The molecule has 1 aromatic carbocycles. The Bertz CT molecular complexity index is 467. The van der Waals surface area contributed by atoms with Crippen molar-refractivity contribution in [3.63, 3.8) is 0 Å². The van der Waals surface area contributed by atoms with Gasteiger partial charge in [-0.1, -0.05) is 6.07 Å². The van der Waals surface area contributed by atoms with Crippen LogP contribution in [0.25, 0.3) is 0 Å². The van der Waals surface area contributed by atoms with Crippen molar-refractivity contribution >= 4 is 17.5 Å². The predicted octanol–water partition coefficient (Wildman–Crippen LogP) is 3.29. The third-order valence-electron chi connectivity index (χ3n) is 2.79. The molecule has 4 N–H and O–H groups in total. The van der Waals surface area contributed by atoms with Gasteiger partial charge >= 0.3 is 6.09 Å². The summed E-state index contributed by atoms with van der Waals surface area (Å²) in [4.78, 5) is 11.4. The summed E-state index contributed by atoms with van der Waals surface area (Å²) in [5, 5.41) is 6.04. The Labute approximate surface area is 127 Å². The molecule has 0 aliphatic heterocycles. The van der Waals surface area contributed by atoms with E-state index in [9.17, 15) is 4.79 Å². The first-order chi connectivity index (χ1) is 9.78. The number of rotatable bonds is 6. The maximum Gasteiger partial charge on any atom is 0.407 e. The third kappa shape index (κ3) is 7.44. The van der Waals surface area contributed by atoms with Crippen molar-refractivity contribution in [3.05, 3.63) is 23.8 Å². The summed E-state index contributed by atoms with van der Waals surface area (Å²) in [6.45, 7) is 9.00. The molecule has 0 heterocycles. The van der Waals surface area contributed by atoms with Gasteiger partial charge < -0.3 is 21.1 Å². The van der Waals surface area contributed by atoms with Gasteiger partial charge in [0.25, 0.3) is 0 Å². The van der Waals surface area contributed by atoms with Crippen LogP contribution in [0.1, 0.15) is 39.2 Å². The second kappa shape index (κ2) is 7.76. The van der Waals surface area contributed by atoms with Gasteiger partial charge in [-0.25, -0.2) is 4.79 Å². The van der Waals surface area contributed by atoms with Gasteiger partial charge in [0, 0.05) is 13.1 Å². The number of unbranched alkanes of at least 4 members (excludes halogenated alkanes) is 1. The SMILES string of the molecule is Cc1ccc(NCCCCNC(=O)OC(C)(C)C)c(N)c1. The molecule has 5 nitrogen and oxygen atoms in total. The van der Waals surface area contributed by atoms with Crippen LogP contribution in [0.4, 0.5) is 16.2 Å². The average Bonchev–Trinajstić information content (AvgIpc) is 2.33. The zero-order valence-corrected chi connectivity index (χ0v) is 13.5. The highest BCUT2D eigenvalue weighted by Gasteiger charge is 2.15. The Kier molecular flexibility index (Phi) is 6.34. The number of carbonyl (C=O) groups excluding carboxylic acids is 1. The molecule has 0 fully saturated rings. The number of benzene rings is 1. The first-order valence-corrected chi connectivity index (χ1v) is 7.35. The molecule has 0 saturated carbocycles. The van der Waals surface area contributed by atoms with Crippen molar-refractivity contribution in [1.82, 2.24) is 5.32 Å². The van der Waals surface area contributed by atoms with Crippen LogP contribution in [0.15, 0.2) is 18.2 Å². The molecule has 0 aliphatic rings. The van der Waals surface area contributed by atoms with E-state index in [1.165, 1.54) is 0 Å². The topological polar surface area (TPSA) is 76.4 Å². The van der Waals surface area contributed by atoms with E-state index in [0.717, 1.165) is 36.3 Å². The molecule has 0 atom stereocenters. The van der Waals surface area contributed by atoms with E-state index in [-0.39, 0.29) is 6.09 Å². The number of anilines is 2. The summed E-state index contributed by atoms with van der Waals surface area (Å²) in [6.07, 6.45) is 1.47. The first-order valence-electron chi connectivity index (χ1n) is 7.35. The molecule has 0 aliphatic carbocycles. The van der Waals surface area contributed by atoms with E-state index in [4.69, 9.17) is 10.5 Å². The van der Waals surface area contributed by atoms with Crippen LogP contribution in [0.3, 0.4) is 0 Å². The van der Waals surface area contributed by atoms with Gasteiger partial charge in [-0.3, -0.25) is 0 Å². The van der Waals surface area contributed by atoms with Crippen LogP contribution in [-0.2, 0) is 4.74 Å². The summed E-state index contributed by atoms with van der Waals surface area (Å²) in [5.74, 6) is 0. The van der Waals surface area contributed by atoms with E-state index in [1.54, 1.807) is 0 Å². The molecule has 118 valence electrons. The number of ether oxygens (including phenoxy) is 1. The Morgan fingerprint density at radius 1 is 1.24 bits per heavy atom. The van der Waals surface area contributed by atoms with Gasteiger partial charge in [0.05, 0.1) is 11.4 Å². The zero-order chi connectivity index (χ0) is 15.9. The molecular formula is C16H27N3O2. The van der Waals surface area contributed by atoms with E-state index < -0.39 is 5.60 Å². The molecule has 0 saturated heterocycles. The minimum atomic E-state index is -0.450. The predicted molar refractivity (Wildman–Crippen MR) is 87.6 cm³/mol. The van der Waals surface area contributed by atoms with Crippen molar-refractivity contribution in [1.29, 1.82) is 0 Å². The zero-order valence-electron chi connectivity index (χ0n) is 13.5. The fourth-order valence-corrected chi connectivity index (χ4v) is 1.82. The lowest BCUT2D eigenvalue weighted by Crippen LogP contribution is -2.33. The van der Waals surface area contributed by atoms with Crippen LogP contribution < -0.4 is 16.4 Å². The molecule has 1 aromatic rings. The van der Waals surface area contributed by atoms with Crippen LogP contribution in [0.5, 0.6) is 0 Å². The van der Waals surface area contributed by atoms with Crippen molar-refractivity contribution < 1.29 is 9.53 Å². The van der Waals surface area contributed by atoms with Crippen LogP contribution >= 0.6 is 0 Å². The lowest BCUT2D eigenvalue weighted by Gasteiger charge is -2.19. The highest BCUT2D eigenvalue weighted by Crippen LogP contribution is 2.19. The molecular weight excluding hydrogens is 266 g/mol. The normalized spacial score (nSPS) is 11.0. The van der Waals surface area contributed by atoms with Crippen molar-refractivity contribution in [2.45, 2.75) is 46.1 Å². The maximum absolute atomic E-state index is 11.4. The molecule has 5 heteroatoms. The minimum Gasteiger partial charge on any atom is -0.444 e. The molecule has 0 unspecified atom stereocenters. The van der Waals surface area contributed by atoms with Crippen molar-refractivity contribution in [3.8, 4) is 0 Å². The second-order valence-electron chi connectivity index (χ2n) is 6.15. The smallest absolute Gasteiger partial charge is 0.407 e.